The van der Waals surface area contributed by atoms with Gasteiger partial charge in [0.15, 0.2) is 6.10 Å². The van der Waals surface area contributed by atoms with Crippen molar-refractivity contribution in [1.29, 1.82) is 0 Å². The fraction of sp³-hybridized carbons (Fsp3) is 0.596. The summed E-state index contributed by atoms with van der Waals surface area (Å²) >= 11 is 0. The van der Waals surface area contributed by atoms with E-state index in [0.717, 1.165) is 122 Å². The Morgan fingerprint density at radius 3 is 1.28 bits per heavy atom. The third kappa shape index (κ3) is 43.2. The quantitative estimate of drug-likeness (QED) is 0.0202. The van der Waals surface area contributed by atoms with Crippen LogP contribution in [-0.4, -0.2) is 37.2 Å². The van der Waals surface area contributed by atoms with Crippen molar-refractivity contribution in [3.05, 3.63) is 109 Å². The molecular formula is C52H82O6. The number of hydrogen-bond donors (Lipinski definition) is 0. The van der Waals surface area contributed by atoms with Crippen molar-refractivity contribution >= 4 is 17.9 Å². The van der Waals surface area contributed by atoms with Crippen molar-refractivity contribution in [2.24, 2.45) is 0 Å². The van der Waals surface area contributed by atoms with Crippen LogP contribution < -0.4 is 0 Å². The minimum Gasteiger partial charge on any atom is -0.462 e. The van der Waals surface area contributed by atoms with Crippen LogP contribution in [0.25, 0.3) is 0 Å². The van der Waals surface area contributed by atoms with Gasteiger partial charge in [0.1, 0.15) is 13.2 Å². The Morgan fingerprint density at radius 2 is 0.759 bits per heavy atom. The average molecular weight is 803 g/mol. The van der Waals surface area contributed by atoms with Gasteiger partial charge in [-0.15, -0.1) is 0 Å². The van der Waals surface area contributed by atoms with Crippen LogP contribution in [0.4, 0.5) is 0 Å². The molecule has 1 atom stereocenters. The van der Waals surface area contributed by atoms with E-state index in [1.165, 1.54) is 19.3 Å². The molecule has 0 fully saturated rings. The number of esters is 3. The molecule has 0 heterocycles. The molecule has 0 aliphatic heterocycles. The Kier molecular flexibility index (Phi) is 42.7. The Bertz CT molecular complexity index is 1240. The Hall–Kier alpha value is -3.93. The van der Waals surface area contributed by atoms with E-state index in [4.69, 9.17) is 14.2 Å². The maximum atomic E-state index is 12.7. The first-order valence-electron chi connectivity index (χ1n) is 23.0. The predicted octanol–water partition coefficient (Wildman–Crippen LogP) is 14.8. The molecule has 326 valence electrons. The fourth-order valence-electron chi connectivity index (χ4n) is 5.72. The zero-order valence-corrected chi connectivity index (χ0v) is 37.0. The molecule has 0 bridgehead atoms. The number of carbonyl (C=O) groups excluding carboxylic acids is 3. The molecule has 0 aliphatic rings. The van der Waals surface area contributed by atoms with Crippen LogP contribution in [0.1, 0.15) is 181 Å². The summed E-state index contributed by atoms with van der Waals surface area (Å²) in [4.78, 5) is 37.7. The molecule has 0 aromatic rings. The summed E-state index contributed by atoms with van der Waals surface area (Å²) in [6.45, 7) is 6.24. The highest BCUT2D eigenvalue weighted by molar-refractivity contribution is 5.71. The smallest absolute Gasteiger partial charge is 0.306 e. The molecule has 6 nitrogen and oxygen atoms in total. The van der Waals surface area contributed by atoms with Crippen LogP contribution in [0.15, 0.2) is 109 Å². The monoisotopic (exact) mass is 803 g/mol. The van der Waals surface area contributed by atoms with Gasteiger partial charge in [0.25, 0.3) is 0 Å². The van der Waals surface area contributed by atoms with Crippen LogP contribution in [0.3, 0.4) is 0 Å². The zero-order valence-electron chi connectivity index (χ0n) is 37.0. The van der Waals surface area contributed by atoms with Gasteiger partial charge in [-0.05, 0) is 89.9 Å². The zero-order chi connectivity index (χ0) is 42.3. The normalized spacial score (nSPS) is 13.1. The molecule has 0 amide bonds. The minimum atomic E-state index is -0.811. The summed E-state index contributed by atoms with van der Waals surface area (Å²) in [5, 5.41) is 0. The molecular weight excluding hydrogens is 721 g/mol. The number of unbranched alkanes of at least 4 members (excludes halogenated alkanes) is 15. The second-order valence-corrected chi connectivity index (χ2v) is 14.7. The molecule has 0 rings (SSSR count). The van der Waals surface area contributed by atoms with Gasteiger partial charge in [-0.1, -0.05) is 182 Å². The lowest BCUT2D eigenvalue weighted by Crippen LogP contribution is -2.30. The molecule has 0 N–H and O–H groups in total. The van der Waals surface area contributed by atoms with E-state index >= 15 is 0 Å². The number of hydrogen-bond acceptors (Lipinski definition) is 6. The van der Waals surface area contributed by atoms with Crippen molar-refractivity contribution in [3.63, 3.8) is 0 Å². The van der Waals surface area contributed by atoms with Crippen LogP contribution >= 0.6 is 0 Å². The predicted molar refractivity (Wildman–Crippen MR) is 247 cm³/mol. The largest absolute Gasteiger partial charge is 0.462 e. The molecule has 0 radical (unpaired) electrons. The maximum absolute atomic E-state index is 12.7. The molecule has 0 saturated carbocycles. The highest BCUT2D eigenvalue weighted by Gasteiger charge is 2.19. The molecule has 0 spiro atoms. The van der Waals surface area contributed by atoms with Gasteiger partial charge in [0.2, 0.25) is 0 Å². The SMILES string of the molecule is CC\C=C/C=C\C=C/CCCCCCCC(=O)OC(COC(=O)CCCC/C=C\C/C=C\CC)COC(=O)CCCCCCC\C=C/C=C\C=C/C=C\CCCCC. The molecule has 0 aliphatic carbocycles. The fourth-order valence-corrected chi connectivity index (χ4v) is 5.72. The van der Waals surface area contributed by atoms with Crippen molar-refractivity contribution in [2.75, 3.05) is 13.2 Å². The standard InChI is InChI=1S/C52H82O6/c1-4-7-10-13-16-19-21-23-24-25-26-27-29-30-33-36-39-42-45-51(54)57-48-49(47-56-50(53)44-41-38-35-32-18-15-12-9-6-3)58-52(55)46-43-40-37-34-31-28-22-20-17-14-11-8-5-2/h8-9,11-12,14,16-27,32,49H,4-7,10,13,15,28-31,33-48H2,1-3H3/b11-8-,12-9-,17-14-,19-16-,22-20-,23-21-,25-24-,27-26-,32-18-. The molecule has 0 aromatic carbocycles. The summed E-state index contributed by atoms with van der Waals surface area (Å²) < 4.78 is 16.6. The van der Waals surface area contributed by atoms with Gasteiger partial charge >= 0.3 is 17.9 Å². The first-order valence-corrected chi connectivity index (χ1v) is 23.0. The number of allylic oxidation sites excluding steroid dienone is 18. The molecule has 6 heteroatoms. The van der Waals surface area contributed by atoms with E-state index in [0.29, 0.717) is 12.8 Å². The van der Waals surface area contributed by atoms with E-state index < -0.39 is 6.10 Å². The highest BCUT2D eigenvalue weighted by Crippen LogP contribution is 2.12. The lowest BCUT2D eigenvalue weighted by molar-refractivity contribution is -0.167. The van der Waals surface area contributed by atoms with E-state index in [1.54, 1.807) is 0 Å². The van der Waals surface area contributed by atoms with Crippen LogP contribution in [0.2, 0.25) is 0 Å². The number of ether oxygens (including phenoxy) is 3. The van der Waals surface area contributed by atoms with Gasteiger partial charge in [0.05, 0.1) is 0 Å². The summed E-state index contributed by atoms with van der Waals surface area (Å²) in [5.74, 6) is -1.00. The van der Waals surface area contributed by atoms with Crippen molar-refractivity contribution < 1.29 is 28.6 Å². The third-order valence-electron chi connectivity index (χ3n) is 9.15. The topological polar surface area (TPSA) is 78.9 Å². The lowest BCUT2D eigenvalue weighted by Gasteiger charge is -2.18. The maximum Gasteiger partial charge on any atom is 0.306 e. The van der Waals surface area contributed by atoms with Crippen LogP contribution in [-0.2, 0) is 28.6 Å². The number of carbonyl (C=O) groups is 3. The lowest BCUT2D eigenvalue weighted by atomic mass is 10.1. The van der Waals surface area contributed by atoms with Gasteiger partial charge in [0, 0.05) is 19.3 Å². The molecule has 0 saturated heterocycles. The van der Waals surface area contributed by atoms with Crippen LogP contribution in [0, 0.1) is 0 Å². The van der Waals surface area contributed by atoms with Gasteiger partial charge in [-0.2, -0.15) is 0 Å². The average Bonchev–Trinajstić information content (AvgIpc) is 3.22. The van der Waals surface area contributed by atoms with Crippen molar-refractivity contribution in [3.8, 4) is 0 Å². The Labute approximate surface area is 355 Å². The first-order chi connectivity index (χ1) is 28.5. The van der Waals surface area contributed by atoms with E-state index in [9.17, 15) is 14.4 Å². The summed E-state index contributed by atoms with van der Waals surface area (Å²) in [6, 6.07) is 0. The summed E-state index contributed by atoms with van der Waals surface area (Å²) in [7, 11) is 0. The van der Waals surface area contributed by atoms with E-state index in [-0.39, 0.29) is 37.5 Å². The molecule has 58 heavy (non-hydrogen) atoms. The second kappa shape index (κ2) is 45.8. The Balaban J connectivity index is 4.47. The van der Waals surface area contributed by atoms with Crippen molar-refractivity contribution in [2.45, 2.75) is 187 Å². The minimum absolute atomic E-state index is 0.112. The van der Waals surface area contributed by atoms with Gasteiger partial charge < -0.3 is 14.2 Å². The van der Waals surface area contributed by atoms with Gasteiger partial charge in [-0.3, -0.25) is 14.4 Å². The second-order valence-electron chi connectivity index (χ2n) is 14.7. The number of rotatable bonds is 39. The highest BCUT2D eigenvalue weighted by atomic mass is 16.6. The molecule has 0 aromatic heterocycles. The molecule has 1 unspecified atom stereocenters. The third-order valence-corrected chi connectivity index (χ3v) is 9.15. The van der Waals surface area contributed by atoms with Crippen molar-refractivity contribution in [1.82, 2.24) is 0 Å². The summed E-state index contributed by atoms with van der Waals surface area (Å²) in [6.07, 6.45) is 60.8. The van der Waals surface area contributed by atoms with E-state index in [1.807, 2.05) is 6.08 Å². The first kappa shape index (κ1) is 54.1. The van der Waals surface area contributed by atoms with Gasteiger partial charge in [-0.25, -0.2) is 0 Å². The summed E-state index contributed by atoms with van der Waals surface area (Å²) in [5.41, 5.74) is 0. The van der Waals surface area contributed by atoms with E-state index in [2.05, 4.69) is 124 Å². The Morgan fingerprint density at radius 1 is 0.379 bits per heavy atom. The van der Waals surface area contributed by atoms with Crippen LogP contribution in [0.5, 0.6) is 0 Å².